The van der Waals surface area contributed by atoms with Crippen molar-refractivity contribution in [2.45, 2.75) is 6.18 Å². The molecule has 2 aromatic carbocycles. The number of nitrogens with zero attached hydrogens (tertiary/aromatic N) is 2. The van der Waals surface area contributed by atoms with Crippen molar-refractivity contribution in [3.63, 3.8) is 0 Å². The highest BCUT2D eigenvalue weighted by atomic mass is 32.1. The highest BCUT2D eigenvalue weighted by Crippen LogP contribution is 2.32. The normalized spacial score (nSPS) is 16.2. The molecule has 1 fully saturated rings. The van der Waals surface area contributed by atoms with E-state index in [-0.39, 0.29) is 16.4 Å². The predicted molar refractivity (Wildman–Crippen MR) is 108 cm³/mol. The molecule has 150 valence electrons. The number of benzene rings is 2. The molecule has 1 N–H and O–H groups in total. The van der Waals surface area contributed by atoms with Crippen LogP contribution in [-0.2, 0) is 15.8 Å². The maximum absolute atomic E-state index is 13.0. The molecule has 0 spiro atoms. The van der Waals surface area contributed by atoms with Crippen molar-refractivity contribution >= 4 is 46.6 Å². The van der Waals surface area contributed by atoms with Gasteiger partial charge in [0.25, 0.3) is 11.8 Å². The lowest BCUT2D eigenvalue weighted by atomic mass is 10.1. The van der Waals surface area contributed by atoms with Crippen molar-refractivity contribution < 1.29 is 22.8 Å². The van der Waals surface area contributed by atoms with Crippen LogP contribution < -0.4 is 15.1 Å². The topological polar surface area (TPSA) is 52.7 Å². The first-order valence-corrected chi connectivity index (χ1v) is 8.85. The van der Waals surface area contributed by atoms with E-state index in [1.165, 1.54) is 18.2 Å². The first-order chi connectivity index (χ1) is 13.6. The quantitative estimate of drug-likeness (QED) is 0.469. The van der Waals surface area contributed by atoms with Crippen molar-refractivity contribution in [2.75, 3.05) is 23.9 Å². The standard InChI is InChI=1S/C20H16F3N3O2S/c1-25(2)14-8-6-12(7-9-14)10-16-17(27)24-19(29)26(18(16)28)15-5-3-4-13(11-15)20(21,22)23/h3-11H,1-2H3,(H,24,27,29)/b16-10-. The Labute approximate surface area is 170 Å². The molecule has 2 amide bonds. The second-order valence-corrected chi connectivity index (χ2v) is 6.88. The zero-order chi connectivity index (χ0) is 21.3. The van der Waals surface area contributed by atoms with E-state index < -0.39 is 23.6 Å². The lowest BCUT2D eigenvalue weighted by molar-refractivity contribution is -0.137. The van der Waals surface area contributed by atoms with E-state index in [0.717, 1.165) is 22.7 Å². The molecule has 29 heavy (non-hydrogen) atoms. The van der Waals surface area contributed by atoms with Gasteiger partial charge >= 0.3 is 6.18 Å². The van der Waals surface area contributed by atoms with E-state index in [1.807, 2.05) is 31.1 Å². The number of rotatable bonds is 3. The summed E-state index contributed by atoms with van der Waals surface area (Å²) in [5, 5.41) is 2.08. The Balaban J connectivity index is 1.98. The van der Waals surface area contributed by atoms with Gasteiger partial charge in [0.1, 0.15) is 5.57 Å². The van der Waals surface area contributed by atoms with Crippen LogP contribution >= 0.6 is 12.2 Å². The maximum atomic E-state index is 13.0. The third-order valence-corrected chi connectivity index (χ3v) is 4.54. The molecular formula is C20H16F3N3O2S. The van der Waals surface area contributed by atoms with E-state index in [4.69, 9.17) is 12.2 Å². The Kier molecular flexibility index (Phi) is 5.43. The Morgan fingerprint density at radius 3 is 2.31 bits per heavy atom. The number of anilines is 2. The van der Waals surface area contributed by atoms with Gasteiger partial charge in [-0.1, -0.05) is 18.2 Å². The molecule has 0 atom stereocenters. The molecule has 0 aromatic heterocycles. The summed E-state index contributed by atoms with van der Waals surface area (Å²) in [7, 11) is 3.75. The lowest BCUT2D eigenvalue weighted by Gasteiger charge is -2.29. The summed E-state index contributed by atoms with van der Waals surface area (Å²) in [5.41, 5.74) is 0.286. The fraction of sp³-hybridized carbons (Fsp3) is 0.150. The SMILES string of the molecule is CN(C)c1ccc(/C=C2/C(=O)NC(=S)N(c3cccc(C(F)(F)F)c3)C2=O)cc1. The molecule has 3 rings (SSSR count). The fourth-order valence-electron chi connectivity index (χ4n) is 2.75. The average molecular weight is 419 g/mol. The van der Waals surface area contributed by atoms with Gasteiger partial charge in [-0.2, -0.15) is 13.2 Å². The van der Waals surface area contributed by atoms with Crippen LogP contribution in [0.5, 0.6) is 0 Å². The van der Waals surface area contributed by atoms with Gasteiger partial charge in [0.05, 0.1) is 11.3 Å². The van der Waals surface area contributed by atoms with E-state index in [0.29, 0.717) is 5.56 Å². The molecule has 0 saturated carbocycles. The summed E-state index contributed by atoms with van der Waals surface area (Å²) in [5.74, 6) is -1.50. The minimum Gasteiger partial charge on any atom is -0.378 e. The van der Waals surface area contributed by atoms with Crippen LogP contribution in [-0.4, -0.2) is 31.0 Å². The number of hydrogen-bond donors (Lipinski definition) is 1. The molecule has 9 heteroatoms. The largest absolute Gasteiger partial charge is 0.416 e. The van der Waals surface area contributed by atoms with Crippen LogP contribution in [0, 0.1) is 0 Å². The van der Waals surface area contributed by atoms with Crippen molar-refractivity contribution in [3.8, 4) is 0 Å². The molecule has 5 nitrogen and oxygen atoms in total. The van der Waals surface area contributed by atoms with Crippen LogP contribution in [0.25, 0.3) is 6.08 Å². The van der Waals surface area contributed by atoms with Crippen LogP contribution in [0.2, 0.25) is 0 Å². The third-order valence-electron chi connectivity index (χ3n) is 4.25. The number of halogens is 3. The molecule has 0 aliphatic carbocycles. The number of hydrogen-bond acceptors (Lipinski definition) is 4. The zero-order valence-electron chi connectivity index (χ0n) is 15.4. The van der Waals surface area contributed by atoms with Gasteiger partial charge in [-0.15, -0.1) is 0 Å². The van der Waals surface area contributed by atoms with E-state index in [1.54, 1.807) is 12.1 Å². The molecule has 1 heterocycles. The monoisotopic (exact) mass is 419 g/mol. The van der Waals surface area contributed by atoms with E-state index >= 15 is 0 Å². The van der Waals surface area contributed by atoms with E-state index in [9.17, 15) is 22.8 Å². The predicted octanol–water partition coefficient (Wildman–Crippen LogP) is 3.60. The van der Waals surface area contributed by atoms with Crippen molar-refractivity contribution in [1.82, 2.24) is 5.32 Å². The first kappa shape index (κ1) is 20.5. The second-order valence-electron chi connectivity index (χ2n) is 6.49. The molecule has 0 bridgehead atoms. The van der Waals surface area contributed by atoms with Gasteiger partial charge in [-0.3, -0.25) is 19.8 Å². The number of carbonyl (C=O) groups excluding carboxylic acids is 2. The molecule has 1 aliphatic rings. The Morgan fingerprint density at radius 1 is 1.07 bits per heavy atom. The Morgan fingerprint density at radius 2 is 1.72 bits per heavy atom. The maximum Gasteiger partial charge on any atom is 0.416 e. The molecule has 0 radical (unpaired) electrons. The average Bonchev–Trinajstić information content (AvgIpc) is 2.65. The Hall–Kier alpha value is -3.20. The van der Waals surface area contributed by atoms with Gasteiger partial charge in [0.15, 0.2) is 5.11 Å². The summed E-state index contributed by atoms with van der Waals surface area (Å²) in [4.78, 5) is 28.0. The minimum atomic E-state index is -4.58. The highest BCUT2D eigenvalue weighted by Gasteiger charge is 2.36. The summed E-state index contributed by atoms with van der Waals surface area (Å²) >= 11 is 5.02. The zero-order valence-corrected chi connectivity index (χ0v) is 16.3. The number of amides is 2. The van der Waals surface area contributed by atoms with Crippen molar-refractivity contribution in [1.29, 1.82) is 0 Å². The number of carbonyl (C=O) groups is 2. The lowest BCUT2D eigenvalue weighted by Crippen LogP contribution is -2.54. The highest BCUT2D eigenvalue weighted by molar-refractivity contribution is 7.80. The van der Waals surface area contributed by atoms with Crippen LogP contribution in [0.15, 0.2) is 54.1 Å². The molecule has 0 unspecified atom stereocenters. The van der Waals surface area contributed by atoms with Crippen LogP contribution in [0.4, 0.5) is 24.5 Å². The summed E-state index contributed by atoms with van der Waals surface area (Å²) in [6.07, 6.45) is -3.20. The van der Waals surface area contributed by atoms with Crippen LogP contribution in [0.1, 0.15) is 11.1 Å². The van der Waals surface area contributed by atoms with Gasteiger partial charge in [0.2, 0.25) is 0 Å². The first-order valence-electron chi connectivity index (χ1n) is 8.44. The number of nitrogens with one attached hydrogen (secondary N) is 1. The molecule has 1 saturated heterocycles. The van der Waals surface area contributed by atoms with Crippen molar-refractivity contribution in [3.05, 3.63) is 65.2 Å². The fourth-order valence-corrected chi connectivity index (χ4v) is 3.03. The van der Waals surface area contributed by atoms with E-state index in [2.05, 4.69) is 5.32 Å². The summed E-state index contributed by atoms with van der Waals surface area (Å²) in [6.45, 7) is 0. The second kappa shape index (κ2) is 7.67. The number of thiocarbonyl (C=S) groups is 1. The van der Waals surface area contributed by atoms with Gasteiger partial charge in [-0.05, 0) is 54.2 Å². The molecule has 2 aromatic rings. The van der Waals surface area contributed by atoms with Crippen LogP contribution in [0.3, 0.4) is 0 Å². The van der Waals surface area contributed by atoms with Gasteiger partial charge in [-0.25, -0.2) is 0 Å². The Bertz CT molecular complexity index is 1010. The smallest absolute Gasteiger partial charge is 0.378 e. The van der Waals surface area contributed by atoms with Crippen molar-refractivity contribution in [2.24, 2.45) is 0 Å². The minimum absolute atomic E-state index is 0.0799. The third kappa shape index (κ3) is 4.29. The van der Waals surface area contributed by atoms with Gasteiger partial charge < -0.3 is 4.90 Å². The molecule has 1 aliphatic heterocycles. The molecular weight excluding hydrogens is 403 g/mol. The summed E-state index contributed by atoms with van der Waals surface area (Å²) in [6, 6.07) is 11.3. The number of alkyl halides is 3. The van der Waals surface area contributed by atoms with Gasteiger partial charge in [0, 0.05) is 19.8 Å². The summed E-state index contributed by atoms with van der Waals surface area (Å²) < 4.78 is 39.1.